The average Bonchev–Trinajstić information content (AvgIpc) is 2.74. The number of halogens is 4. The van der Waals surface area contributed by atoms with E-state index < -0.39 is 5.97 Å². The highest BCUT2D eigenvalue weighted by Crippen LogP contribution is 2.26. The third kappa shape index (κ3) is 8.42. The van der Waals surface area contributed by atoms with E-state index in [1.165, 1.54) is 0 Å². The fourth-order valence-electron chi connectivity index (χ4n) is 2.27. The molecule has 158 valence electrons. The van der Waals surface area contributed by atoms with Gasteiger partial charge in [-0.05, 0) is 42.0 Å². The first-order valence-electron chi connectivity index (χ1n) is 8.87. The standard InChI is InChI=1S/C15H13Cl4NO.C7H6O2/c16-12-3-1-10(7-14(12)18)9-20-5-6-21-11-2-4-13(17)15(19)8-11;8-7(9)6-4-2-1-3-5-6/h1-4,7-8,20H,5-6,9H2;1-5H,(H,8,9). The predicted molar refractivity (Wildman–Crippen MR) is 124 cm³/mol. The second-order valence-electron chi connectivity index (χ2n) is 6.02. The molecule has 0 fully saturated rings. The second kappa shape index (κ2) is 12.7. The molecule has 0 spiro atoms. The molecular weight excluding hydrogens is 468 g/mol. The number of hydrogen-bond donors (Lipinski definition) is 2. The topological polar surface area (TPSA) is 58.6 Å². The molecule has 30 heavy (non-hydrogen) atoms. The van der Waals surface area contributed by atoms with Gasteiger partial charge in [-0.15, -0.1) is 0 Å². The van der Waals surface area contributed by atoms with Crippen LogP contribution in [0, 0.1) is 0 Å². The van der Waals surface area contributed by atoms with Crippen LogP contribution < -0.4 is 10.1 Å². The van der Waals surface area contributed by atoms with Crippen molar-refractivity contribution >= 4 is 52.4 Å². The molecule has 3 aromatic carbocycles. The number of rotatable bonds is 7. The first-order chi connectivity index (χ1) is 14.4. The molecule has 8 heteroatoms. The van der Waals surface area contributed by atoms with Crippen molar-refractivity contribution in [3.05, 3.63) is 97.9 Å². The van der Waals surface area contributed by atoms with Crippen molar-refractivity contribution in [1.82, 2.24) is 5.32 Å². The highest BCUT2D eigenvalue weighted by molar-refractivity contribution is 6.42. The van der Waals surface area contributed by atoms with Crippen LogP contribution in [0.1, 0.15) is 15.9 Å². The van der Waals surface area contributed by atoms with E-state index in [-0.39, 0.29) is 0 Å². The van der Waals surface area contributed by atoms with Crippen LogP contribution in [0.15, 0.2) is 66.7 Å². The zero-order chi connectivity index (χ0) is 21.9. The minimum absolute atomic E-state index is 0.331. The van der Waals surface area contributed by atoms with Crippen LogP contribution in [0.5, 0.6) is 5.75 Å². The van der Waals surface area contributed by atoms with Crippen LogP contribution in [-0.4, -0.2) is 24.2 Å². The van der Waals surface area contributed by atoms with E-state index in [9.17, 15) is 4.79 Å². The van der Waals surface area contributed by atoms with Gasteiger partial charge in [-0.25, -0.2) is 4.79 Å². The highest BCUT2D eigenvalue weighted by Gasteiger charge is 2.01. The zero-order valence-corrected chi connectivity index (χ0v) is 18.8. The largest absolute Gasteiger partial charge is 0.492 e. The van der Waals surface area contributed by atoms with Crippen molar-refractivity contribution in [3.63, 3.8) is 0 Å². The molecule has 3 aromatic rings. The lowest BCUT2D eigenvalue weighted by atomic mass is 10.2. The maximum atomic E-state index is 10.2. The fraction of sp³-hybridized carbons (Fsp3) is 0.136. The quantitative estimate of drug-likeness (QED) is 0.358. The maximum Gasteiger partial charge on any atom is 0.335 e. The first-order valence-corrected chi connectivity index (χ1v) is 10.4. The minimum Gasteiger partial charge on any atom is -0.492 e. The minimum atomic E-state index is -0.879. The summed E-state index contributed by atoms with van der Waals surface area (Å²) in [4.78, 5) is 10.2. The molecule has 0 bridgehead atoms. The van der Waals surface area contributed by atoms with Crippen LogP contribution in [0.2, 0.25) is 20.1 Å². The maximum absolute atomic E-state index is 10.2. The Morgan fingerprint density at radius 3 is 2.03 bits per heavy atom. The molecule has 2 N–H and O–H groups in total. The Morgan fingerprint density at radius 2 is 1.47 bits per heavy atom. The molecule has 0 atom stereocenters. The second-order valence-corrected chi connectivity index (χ2v) is 7.65. The van der Waals surface area contributed by atoms with Crippen molar-refractivity contribution in [2.24, 2.45) is 0 Å². The highest BCUT2D eigenvalue weighted by atomic mass is 35.5. The van der Waals surface area contributed by atoms with Gasteiger partial charge in [-0.1, -0.05) is 70.7 Å². The lowest BCUT2D eigenvalue weighted by Crippen LogP contribution is -2.20. The number of carboxylic acids is 1. The van der Waals surface area contributed by atoms with Crippen LogP contribution in [0.4, 0.5) is 0 Å². The van der Waals surface area contributed by atoms with Crippen molar-refractivity contribution in [2.75, 3.05) is 13.2 Å². The van der Waals surface area contributed by atoms with Gasteiger partial charge in [0.2, 0.25) is 0 Å². The fourth-order valence-corrected chi connectivity index (χ4v) is 2.88. The summed E-state index contributed by atoms with van der Waals surface area (Å²) in [6.45, 7) is 1.92. The lowest BCUT2D eigenvalue weighted by Gasteiger charge is -2.09. The molecule has 0 amide bonds. The summed E-state index contributed by atoms with van der Waals surface area (Å²) in [5.41, 5.74) is 1.40. The Balaban J connectivity index is 0.000000297. The molecule has 4 nitrogen and oxygen atoms in total. The van der Waals surface area contributed by atoms with Gasteiger partial charge in [-0.2, -0.15) is 0 Å². The van der Waals surface area contributed by atoms with E-state index in [1.54, 1.807) is 54.6 Å². The molecule has 0 aliphatic heterocycles. The number of hydrogen-bond acceptors (Lipinski definition) is 3. The number of nitrogens with one attached hydrogen (secondary N) is 1. The number of ether oxygens (including phenoxy) is 1. The van der Waals surface area contributed by atoms with Gasteiger partial charge in [0, 0.05) is 19.2 Å². The predicted octanol–water partition coefficient (Wildman–Crippen LogP) is 6.85. The molecule has 0 aliphatic carbocycles. The average molecular weight is 487 g/mol. The number of carbonyl (C=O) groups is 1. The van der Waals surface area contributed by atoms with E-state index in [0.717, 1.165) is 5.56 Å². The Labute approximate surface area is 195 Å². The summed E-state index contributed by atoms with van der Waals surface area (Å²) in [7, 11) is 0. The molecule has 0 heterocycles. The molecule has 0 saturated heterocycles. The van der Waals surface area contributed by atoms with Crippen molar-refractivity contribution < 1.29 is 14.6 Å². The molecule has 0 aliphatic rings. The van der Waals surface area contributed by atoms with Crippen molar-refractivity contribution in [2.45, 2.75) is 6.54 Å². The van der Waals surface area contributed by atoms with Gasteiger partial charge in [-0.3, -0.25) is 0 Å². The van der Waals surface area contributed by atoms with Crippen LogP contribution >= 0.6 is 46.4 Å². The van der Waals surface area contributed by atoms with Gasteiger partial charge in [0.25, 0.3) is 0 Å². The molecule has 0 saturated carbocycles. The summed E-state index contributed by atoms with van der Waals surface area (Å²) < 4.78 is 5.57. The number of aromatic carboxylic acids is 1. The van der Waals surface area contributed by atoms with Gasteiger partial charge in [0.15, 0.2) is 0 Å². The van der Waals surface area contributed by atoms with Gasteiger partial charge < -0.3 is 15.2 Å². The molecular formula is C22H19Cl4NO3. The summed E-state index contributed by atoms with van der Waals surface area (Å²) in [6, 6.07) is 19.0. The van der Waals surface area contributed by atoms with Gasteiger partial charge >= 0.3 is 5.97 Å². The molecule has 0 aromatic heterocycles. The monoisotopic (exact) mass is 485 g/mol. The first kappa shape index (κ1) is 24.3. The Hall–Kier alpha value is -1.95. The van der Waals surface area contributed by atoms with E-state index in [4.69, 9.17) is 56.2 Å². The van der Waals surface area contributed by atoms with Crippen LogP contribution in [-0.2, 0) is 6.54 Å². The number of benzene rings is 3. The summed E-state index contributed by atoms with van der Waals surface area (Å²) >= 11 is 23.6. The van der Waals surface area contributed by atoms with E-state index in [1.807, 2.05) is 12.1 Å². The van der Waals surface area contributed by atoms with Crippen molar-refractivity contribution in [3.8, 4) is 5.75 Å². The Bertz CT molecular complexity index is 914. The summed E-state index contributed by atoms with van der Waals surface area (Å²) in [6.07, 6.45) is 0. The number of carboxylic acid groups (broad SMARTS) is 1. The van der Waals surface area contributed by atoms with E-state index in [2.05, 4.69) is 5.32 Å². The van der Waals surface area contributed by atoms with E-state index >= 15 is 0 Å². The van der Waals surface area contributed by atoms with Crippen molar-refractivity contribution in [1.29, 1.82) is 0 Å². The Kier molecular flexibility index (Phi) is 10.3. The van der Waals surface area contributed by atoms with Gasteiger partial charge in [0.05, 0.1) is 25.7 Å². The van der Waals surface area contributed by atoms with Gasteiger partial charge in [0.1, 0.15) is 12.4 Å². The summed E-state index contributed by atoms with van der Waals surface area (Å²) in [5, 5.41) is 13.8. The zero-order valence-electron chi connectivity index (χ0n) is 15.7. The van der Waals surface area contributed by atoms with Crippen LogP contribution in [0.3, 0.4) is 0 Å². The smallest absolute Gasteiger partial charge is 0.335 e. The third-order valence-corrected chi connectivity index (χ3v) is 5.25. The lowest BCUT2D eigenvalue weighted by molar-refractivity contribution is 0.0697. The van der Waals surface area contributed by atoms with E-state index in [0.29, 0.717) is 51.1 Å². The summed E-state index contributed by atoms with van der Waals surface area (Å²) in [5.74, 6) is -0.184. The molecule has 0 unspecified atom stereocenters. The normalized spacial score (nSPS) is 10.1. The van der Waals surface area contributed by atoms with Crippen LogP contribution in [0.25, 0.3) is 0 Å². The molecule has 3 rings (SSSR count). The molecule has 0 radical (unpaired) electrons. The Morgan fingerprint density at radius 1 is 0.833 bits per heavy atom. The SMILES string of the molecule is Clc1ccc(CNCCOc2ccc(Cl)c(Cl)c2)cc1Cl.O=C(O)c1ccccc1. The third-order valence-electron chi connectivity index (χ3n) is 3.77.